The van der Waals surface area contributed by atoms with Crippen LogP contribution in [0.2, 0.25) is 0 Å². The summed E-state index contributed by atoms with van der Waals surface area (Å²) in [5.41, 5.74) is 3.08. The standard InChI is InChI=1S/C17H18BrNO/c1-12(2)15-5-3-4-6-16(15)19-17(20)11-13-7-9-14(18)10-8-13/h3-10,12H,11H2,1-2H3,(H,19,20). The molecule has 0 aliphatic heterocycles. The van der Waals surface area contributed by atoms with E-state index in [-0.39, 0.29) is 5.91 Å². The second kappa shape index (κ2) is 6.71. The Kier molecular flexibility index (Phi) is 4.96. The van der Waals surface area contributed by atoms with Gasteiger partial charge in [0.05, 0.1) is 6.42 Å². The molecule has 0 bridgehead atoms. The molecule has 0 fully saturated rings. The fourth-order valence-corrected chi connectivity index (χ4v) is 2.36. The number of para-hydroxylation sites is 1. The second-order valence-corrected chi connectivity index (χ2v) is 6.01. The maximum Gasteiger partial charge on any atom is 0.228 e. The molecule has 0 saturated carbocycles. The van der Waals surface area contributed by atoms with Crippen molar-refractivity contribution in [1.29, 1.82) is 0 Å². The van der Waals surface area contributed by atoms with Crippen LogP contribution in [0.1, 0.15) is 30.9 Å². The molecule has 1 amide bonds. The highest BCUT2D eigenvalue weighted by molar-refractivity contribution is 9.10. The maximum absolute atomic E-state index is 12.1. The molecule has 1 N–H and O–H groups in total. The smallest absolute Gasteiger partial charge is 0.228 e. The summed E-state index contributed by atoms with van der Waals surface area (Å²) in [6.07, 6.45) is 0.389. The lowest BCUT2D eigenvalue weighted by Gasteiger charge is -2.13. The minimum atomic E-state index is 0.0143. The van der Waals surface area contributed by atoms with Crippen LogP contribution in [0.15, 0.2) is 53.0 Å². The molecule has 0 heterocycles. The molecule has 0 unspecified atom stereocenters. The topological polar surface area (TPSA) is 29.1 Å². The summed E-state index contributed by atoms with van der Waals surface area (Å²) in [4.78, 5) is 12.1. The maximum atomic E-state index is 12.1. The van der Waals surface area contributed by atoms with Crippen molar-refractivity contribution in [1.82, 2.24) is 0 Å². The van der Waals surface area contributed by atoms with E-state index >= 15 is 0 Å². The molecule has 0 aliphatic rings. The summed E-state index contributed by atoms with van der Waals surface area (Å²) in [6, 6.07) is 15.8. The molecular weight excluding hydrogens is 314 g/mol. The number of benzene rings is 2. The van der Waals surface area contributed by atoms with Crippen LogP contribution in [-0.2, 0) is 11.2 Å². The van der Waals surface area contributed by atoms with Crippen LogP contribution in [0.3, 0.4) is 0 Å². The molecule has 2 nitrogen and oxygen atoms in total. The average Bonchev–Trinajstić information content (AvgIpc) is 2.41. The van der Waals surface area contributed by atoms with E-state index in [2.05, 4.69) is 41.2 Å². The van der Waals surface area contributed by atoms with Gasteiger partial charge in [0, 0.05) is 10.2 Å². The van der Waals surface area contributed by atoms with Crippen molar-refractivity contribution in [3.8, 4) is 0 Å². The molecule has 0 radical (unpaired) electrons. The van der Waals surface area contributed by atoms with Crippen LogP contribution in [0.25, 0.3) is 0 Å². The largest absolute Gasteiger partial charge is 0.326 e. The summed E-state index contributed by atoms with van der Waals surface area (Å²) in [5, 5.41) is 3.00. The van der Waals surface area contributed by atoms with E-state index in [1.807, 2.05) is 42.5 Å². The Balaban J connectivity index is 2.07. The van der Waals surface area contributed by atoms with E-state index in [1.54, 1.807) is 0 Å². The van der Waals surface area contributed by atoms with E-state index in [0.717, 1.165) is 21.3 Å². The van der Waals surface area contributed by atoms with Crippen molar-refractivity contribution in [3.63, 3.8) is 0 Å². The first-order chi connectivity index (χ1) is 9.56. The normalized spacial score (nSPS) is 10.6. The zero-order valence-electron chi connectivity index (χ0n) is 11.7. The molecule has 20 heavy (non-hydrogen) atoms. The molecule has 0 aliphatic carbocycles. The average molecular weight is 332 g/mol. The van der Waals surface area contributed by atoms with Gasteiger partial charge in [0.15, 0.2) is 0 Å². The quantitative estimate of drug-likeness (QED) is 0.860. The molecule has 2 rings (SSSR count). The van der Waals surface area contributed by atoms with Gasteiger partial charge >= 0.3 is 0 Å². The van der Waals surface area contributed by atoms with Crippen LogP contribution in [0, 0.1) is 0 Å². The Hall–Kier alpha value is -1.61. The Morgan fingerprint density at radius 1 is 1.10 bits per heavy atom. The van der Waals surface area contributed by atoms with E-state index in [1.165, 1.54) is 0 Å². The van der Waals surface area contributed by atoms with Gasteiger partial charge in [-0.25, -0.2) is 0 Å². The highest BCUT2D eigenvalue weighted by atomic mass is 79.9. The molecule has 3 heteroatoms. The number of carbonyl (C=O) groups is 1. The molecule has 0 aromatic heterocycles. The number of amides is 1. The molecule has 104 valence electrons. The van der Waals surface area contributed by atoms with Crippen LogP contribution >= 0.6 is 15.9 Å². The van der Waals surface area contributed by atoms with Gasteiger partial charge in [-0.1, -0.05) is 60.1 Å². The number of rotatable bonds is 4. The van der Waals surface area contributed by atoms with E-state index in [9.17, 15) is 4.79 Å². The van der Waals surface area contributed by atoms with Gasteiger partial charge in [-0.2, -0.15) is 0 Å². The third kappa shape index (κ3) is 3.94. The van der Waals surface area contributed by atoms with Gasteiger partial charge in [0.25, 0.3) is 0 Å². The number of hydrogen-bond acceptors (Lipinski definition) is 1. The van der Waals surface area contributed by atoms with Gasteiger partial charge in [0.2, 0.25) is 5.91 Å². The lowest BCUT2D eigenvalue weighted by molar-refractivity contribution is -0.115. The first-order valence-electron chi connectivity index (χ1n) is 6.69. The number of anilines is 1. The highest BCUT2D eigenvalue weighted by Crippen LogP contribution is 2.23. The molecule has 0 atom stereocenters. The van der Waals surface area contributed by atoms with Gasteiger partial charge in [-0.05, 0) is 35.2 Å². The minimum Gasteiger partial charge on any atom is -0.326 e. The lowest BCUT2D eigenvalue weighted by Crippen LogP contribution is -2.15. The third-order valence-electron chi connectivity index (χ3n) is 3.13. The van der Waals surface area contributed by atoms with Gasteiger partial charge < -0.3 is 5.32 Å². The first-order valence-corrected chi connectivity index (χ1v) is 7.49. The molecule has 0 saturated heterocycles. The van der Waals surface area contributed by atoms with Crippen molar-refractivity contribution in [2.24, 2.45) is 0 Å². The van der Waals surface area contributed by atoms with Gasteiger partial charge in [-0.3, -0.25) is 4.79 Å². The molecule has 0 spiro atoms. The Bertz CT molecular complexity index is 590. The fraction of sp³-hybridized carbons (Fsp3) is 0.235. The number of nitrogens with one attached hydrogen (secondary N) is 1. The zero-order chi connectivity index (χ0) is 14.5. The van der Waals surface area contributed by atoms with E-state index in [0.29, 0.717) is 12.3 Å². The summed E-state index contributed by atoms with van der Waals surface area (Å²) in [5.74, 6) is 0.402. The number of hydrogen-bond donors (Lipinski definition) is 1. The highest BCUT2D eigenvalue weighted by Gasteiger charge is 2.09. The Labute approximate surface area is 128 Å². The number of carbonyl (C=O) groups excluding carboxylic acids is 1. The Morgan fingerprint density at radius 3 is 2.40 bits per heavy atom. The van der Waals surface area contributed by atoms with Crippen molar-refractivity contribution in [2.45, 2.75) is 26.2 Å². The Morgan fingerprint density at radius 2 is 1.75 bits per heavy atom. The minimum absolute atomic E-state index is 0.0143. The summed E-state index contributed by atoms with van der Waals surface area (Å²) >= 11 is 3.39. The van der Waals surface area contributed by atoms with E-state index < -0.39 is 0 Å². The number of halogens is 1. The van der Waals surface area contributed by atoms with Crippen LogP contribution in [-0.4, -0.2) is 5.91 Å². The summed E-state index contributed by atoms with van der Waals surface area (Å²) in [7, 11) is 0. The first kappa shape index (κ1) is 14.8. The van der Waals surface area contributed by atoms with Gasteiger partial charge in [-0.15, -0.1) is 0 Å². The monoisotopic (exact) mass is 331 g/mol. The third-order valence-corrected chi connectivity index (χ3v) is 3.66. The van der Waals surface area contributed by atoms with Crippen molar-refractivity contribution >= 4 is 27.5 Å². The van der Waals surface area contributed by atoms with Crippen LogP contribution < -0.4 is 5.32 Å². The van der Waals surface area contributed by atoms with Gasteiger partial charge in [0.1, 0.15) is 0 Å². The van der Waals surface area contributed by atoms with Crippen molar-refractivity contribution in [3.05, 3.63) is 64.1 Å². The van der Waals surface area contributed by atoms with E-state index in [4.69, 9.17) is 0 Å². The van der Waals surface area contributed by atoms with Crippen LogP contribution in [0.5, 0.6) is 0 Å². The fourth-order valence-electron chi connectivity index (χ4n) is 2.10. The second-order valence-electron chi connectivity index (χ2n) is 5.09. The molecule has 2 aromatic carbocycles. The van der Waals surface area contributed by atoms with Crippen molar-refractivity contribution < 1.29 is 4.79 Å². The lowest BCUT2D eigenvalue weighted by atomic mass is 10.0. The predicted molar refractivity (Wildman–Crippen MR) is 87.0 cm³/mol. The molecule has 2 aromatic rings. The molecular formula is C17H18BrNO. The predicted octanol–water partition coefficient (Wildman–Crippen LogP) is 4.75. The summed E-state index contributed by atoms with van der Waals surface area (Å²) < 4.78 is 1.02. The summed E-state index contributed by atoms with van der Waals surface area (Å²) in [6.45, 7) is 4.25. The van der Waals surface area contributed by atoms with Crippen LogP contribution in [0.4, 0.5) is 5.69 Å². The zero-order valence-corrected chi connectivity index (χ0v) is 13.3. The van der Waals surface area contributed by atoms with Crippen molar-refractivity contribution in [2.75, 3.05) is 5.32 Å². The SMILES string of the molecule is CC(C)c1ccccc1NC(=O)Cc1ccc(Br)cc1.